The number of hydrogen-bond acceptors (Lipinski definition) is 9. The Hall–Kier alpha value is -3.83. The number of nitrogens with zero attached hydrogens (tertiary/aromatic N) is 2. The number of ether oxygens (including phenoxy) is 4. The second-order valence-corrected chi connectivity index (χ2v) is 11.6. The molecule has 3 heterocycles. The van der Waals surface area contributed by atoms with Crippen LogP contribution in [-0.2, 0) is 14.3 Å². The predicted octanol–water partition coefficient (Wildman–Crippen LogP) is 5.79. The van der Waals surface area contributed by atoms with E-state index in [2.05, 4.69) is 4.99 Å². The molecule has 12 heteroatoms. The first-order chi connectivity index (χ1) is 21.3. The first-order valence-electron chi connectivity index (χ1n) is 13.8. The molecule has 0 fully saturated rings. The van der Waals surface area contributed by atoms with E-state index in [0.29, 0.717) is 65.8 Å². The molecule has 9 nitrogen and oxygen atoms in total. The SMILES string of the molecule is CCCOc1c(OC)cccc1[C@H]1C(C(=O)OCCOC)=C(C)N=c2s/c(=C/c3ccc(-c4ccc(Cl)cc4Cl)o3)c(=O)n21. The van der Waals surface area contributed by atoms with Gasteiger partial charge in [-0.15, -0.1) is 0 Å². The van der Waals surface area contributed by atoms with Gasteiger partial charge in [0.1, 0.15) is 24.2 Å². The number of thiazole rings is 1. The minimum Gasteiger partial charge on any atom is -0.493 e. The molecular weight excluding hydrogens is 627 g/mol. The second-order valence-electron chi connectivity index (χ2n) is 9.76. The quantitative estimate of drug-likeness (QED) is 0.149. The van der Waals surface area contributed by atoms with E-state index in [1.54, 1.807) is 62.6 Å². The van der Waals surface area contributed by atoms with Crippen molar-refractivity contribution >= 4 is 46.6 Å². The summed E-state index contributed by atoms with van der Waals surface area (Å²) in [5.74, 6) is 1.26. The van der Waals surface area contributed by atoms with Gasteiger partial charge in [-0.2, -0.15) is 0 Å². The summed E-state index contributed by atoms with van der Waals surface area (Å²) in [4.78, 5) is 32.7. The van der Waals surface area contributed by atoms with E-state index < -0.39 is 12.0 Å². The van der Waals surface area contributed by atoms with Crippen molar-refractivity contribution in [3.8, 4) is 22.8 Å². The highest BCUT2D eigenvalue weighted by Crippen LogP contribution is 2.41. The van der Waals surface area contributed by atoms with Crippen LogP contribution < -0.4 is 24.4 Å². The number of allylic oxidation sites excluding steroid dienone is 1. The molecule has 5 rings (SSSR count). The number of esters is 1. The minimum atomic E-state index is -0.898. The number of aromatic nitrogens is 1. The molecule has 0 aliphatic carbocycles. The molecule has 0 saturated carbocycles. The average Bonchev–Trinajstić information content (AvgIpc) is 3.59. The van der Waals surface area contributed by atoms with Crippen LogP contribution >= 0.6 is 34.5 Å². The van der Waals surface area contributed by atoms with Crippen molar-refractivity contribution in [3.05, 3.63) is 101 Å². The Kier molecular flexibility index (Phi) is 9.95. The number of carbonyl (C=O) groups is 1. The number of halogens is 2. The number of methoxy groups -OCH3 is 2. The van der Waals surface area contributed by atoms with Crippen LogP contribution in [0.2, 0.25) is 10.0 Å². The van der Waals surface area contributed by atoms with Gasteiger partial charge in [-0.1, -0.05) is 53.6 Å². The molecule has 1 aliphatic rings. The fourth-order valence-electron chi connectivity index (χ4n) is 4.83. The van der Waals surface area contributed by atoms with Gasteiger partial charge in [0, 0.05) is 29.3 Å². The van der Waals surface area contributed by atoms with Crippen LogP contribution in [-0.4, -0.2) is 44.6 Å². The maximum atomic E-state index is 14.1. The summed E-state index contributed by atoms with van der Waals surface area (Å²) < 4.78 is 30.2. The van der Waals surface area contributed by atoms with Crippen LogP contribution in [0, 0.1) is 0 Å². The Morgan fingerprint density at radius 3 is 2.66 bits per heavy atom. The molecule has 0 saturated heterocycles. The van der Waals surface area contributed by atoms with Crippen LogP contribution in [0.15, 0.2) is 74.0 Å². The lowest BCUT2D eigenvalue weighted by molar-refractivity contribution is -0.140. The molecule has 2 aromatic heterocycles. The highest BCUT2D eigenvalue weighted by Gasteiger charge is 2.36. The summed E-state index contributed by atoms with van der Waals surface area (Å²) in [5, 5.41) is 0.954. The number of fused-ring (bicyclic) bond motifs is 1. The summed E-state index contributed by atoms with van der Waals surface area (Å²) in [6.07, 6.45) is 2.39. The number of carbonyl (C=O) groups excluding carboxylic acids is 1. The highest BCUT2D eigenvalue weighted by atomic mass is 35.5. The van der Waals surface area contributed by atoms with E-state index in [1.807, 2.05) is 13.0 Å². The molecule has 230 valence electrons. The zero-order valence-corrected chi connectivity index (χ0v) is 26.8. The fraction of sp³-hybridized carbons (Fsp3) is 0.281. The van der Waals surface area contributed by atoms with Gasteiger partial charge in [-0.25, -0.2) is 9.79 Å². The number of para-hydroxylation sites is 1. The molecule has 1 aliphatic heterocycles. The summed E-state index contributed by atoms with van der Waals surface area (Å²) in [7, 11) is 3.06. The third-order valence-electron chi connectivity index (χ3n) is 6.83. The van der Waals surface area contributed by atoms with Crippen LogP contribution in [0.1, 0.15) is 37.6 Å². The summed E-state index contributed by atoms with van der Waals surface area (Å²) in [6, 6.07) is 13.1. The summed E-state index contributed by atoms with van der Waals surface area (Å²) >= 11 is 13.6. The van der Waals surface area contributed by atoms with Gasteiger partial charge in [-0.05, 0) is 49.7 Å². The Bertz CT molecular complexity index is 1910. The smallest absolute Gasteiger partial charge is 0.338 e. The van der Waals surface area contributed by atoms with E-state index in [4.69, 9.17) is 46.6 Å². The zero-order valence-electron chi connectivity index (χ0n) is 24.5. The third-order valence-corrected chi connectivity index (χ3v) is 8.36. The predicted molar refractivity (Wildman–Crippen MR) is 170 cm³/mol. The van der Waals surface area contributed by atoms with E-state index >= 15 is 0 Å². The van der Waals surface area contributed by atoms with Gasteiger partial charge in [-0.3, -0.25) is 9.36 Å². The largest absolute Gasteiger partial charge is 0.493 e. The van der Waals surface area contributed by atoms with Crippen LogP contribution in [0.4, 0.5) is 0 Å². The number of hydrogen-bond donors (Lipinski definition) is 0. The normalized spacial score (nSPS) is 14.8. The molecule has 0 amide bonds. The molecule has 0 unspecified atom stereocenters. The van der Waals surface area contributed by atoms with Crippen molar-refractivity contribution in [2.45, 2.75) is 26.3 Å². The molecular formula is C32H30Cl2N2O7S. The molecule has 0 N–H and O–H groups in total. The average molecular weight is 658 g/mol. The lowest BCUT2D eigenvalue weighted by Gasteiger charge is -2.27. The lowest BCUT2D eigenvalue weighted by Crippen LogP contribution is -2.40. The maximum Gasteiger partial charge on any atom is 0.338 e. The van der Waals surface area contributed by atoms with Crippen LogP contribution in [0.5, 0.6) is 11.5 Å². The molecule has 4 aromatic rings. The van der Waals surface area contributed by atoms with E-state index in [-0.39, 0.29) is 24.3 Å². The summed E-state index contributed by atoms with van der Waals surface area (Å²) in [6.45, 7) is 4.38. The van der Waals surface area contributed by atoms with Crippen LogP contribution in [0.3, 0.4) is 0 Å². The van der Waals surface area contributed by atoms with Crippen molar-refractivity contribution in [1.29, 1.82) is 0 Å². The monoisotopic (exact) mass is 656 g/mol. The van der Waals surface area contributed by atoms with Gasteiger partial charge >= 0.3 is 5.97 Å². The lowest BCUT2D eigenvalue weighted by atomic mass is 9.94. The van der Waals surface area contributed by atoms with Gasteiger partial charge in [0.05, 0.1) is 41.1 Å². The minimum absolute atomic E-state index is 0.0407. The van der Waals surface area contributed by atoms with Gasteiger partial charge in [0.2, 0.25) is 0 Å². The van der Waals surface area contributed by atoms with Crippen LogP contribution in [0.25, 0.3) is 17.4 Å². The summed E-state index contributed by atoms with van der Waals surface area (Å²) in [5.41, 5.74) is 1.51. The van der Waals surface area contributed by atoms with E-state index in [9.17, 15) is 9.59 Å². The Morgan fingerprint density at radius 2 is 1.93 bits per heavy atom. The second kappa shape index (κ2) is 13.9. The molecule has 0 spiro atoms. The number of benzene rings is 2. The molecule has 44 heavy (non-hydrogen) atoms. The first kappa shape index (κ1) is 31.6. The maximum absolute atomic E-state index is 14.1. The fourth-order valence-corrected chi connectivity index (χ4v) is 6.36. The first-order valence-corrected chi connectivity index (χ1v) is 15.4. The van der Waals surface area contributed by atoms with Crippen molar-refractivity contribution in [3.63, 3.8) is 0 Å². The van der Waals surface area contributed by atoms with E-state index in [1.165, 1.54) is 23.0 Å². The molecule has 1 atom stereocenters. The molecule has 0 bridgehead atoms. The number of rotatable bonds is 11. The topological polar surface area (TPSA) is 101 Å². The van der Waals surface area contributed by atoms with E-state index in [0.717, 1.165) is 6.42 Å². The zero-order chi connectivity index (χ0) is 31.4. The molecule has 2 aromatic carbocycles. The van der Waals surface area contributed by atoms with Crippen molar-refractivity contribution in [2.24, 2.45) is 4.99 Å². The Labute approximate surface area is 267 Å². The van der Waals surface area contributed by atoms with Gasteiger partial charge in [0.15, 0.2) is 16.3 Å². The highest BCUT2D eigenvalue weighted by molar-refractivity contribution is 7.07. The standard InChI is InChI=1S/C32H30Cl2N2O7S/c1-5-13-41-29-22(7-6-8-25(29)40-4)28-27(31(38)42-15-14-39-3)18(2)35-32-36(28)30(37)26(44-32)17-20-10-12-24(43-20)21-11-9-19(33)16-23(21)34/h6-12,16-17,28H,5,13-15H2,1-4H3/b26-17+/t28-/m0/s1. The molecule has 0 radical (unpaired) electrons. The Balaban J connectivity index is 1.66. The van der Waals surface area contributed by atoms with Gasteiger partial charge in [0.25, 0.3) is 5.56 Å². The van der Waals surface area contributed by atoms with Gasteiger partial charge < -0.3 is 23.4 Å². The van der Waals surface area contributed by atoms with Crippen molar-refractivity contribution in [2.75, 3.05) is 34.0 Å². The number of furan rings is 1. The Morgan fingerprint density at radius 1 is 1.11 bits per heavy atom. The van der Waals surface area contributed by atoms with Crippen molar-refractivity contribution in [1.82, 2.24) is 4.57 Å². The third kappa shape index (κ3) is 6.34. The van der Waals surface area contributed by atoms with Crippen molar-refractivity contribution < 1.29 is 28.2 Å².